The molecule has 2 aromatic rings. The molecule has 0 amide bonds. The smallest absolute Gasteiger partial charge is 0.141 e. The second kappa shape index (κ2) is 6.08. The molecule has 100 valence electrons. The molecule has 0 aliphatic carbocycles. The second-order valence-electron chi connectivity index (χ2n) is 4.20. The minimum Gasteiger partial charge on any atom is -0.497 e. The molecule has 0 fully saturated rings. The minimum atomic E-state index is 0.535. The summed E-state index contributed by atoms with van der Waals surface area (Å²) in [6.45, 7) is 2.54. The Morgan fingerprint density at radius 1 is 1.11 bits per heavy atom. The Labute approximate surface area is 121 Å². The van der Waals surface area contributed by atoms with E-state index in [1.165, 1.54) is 0 Å². The summed E-state index contributed by atoms with van der Waals surface area (Å²) in [7, 11) is 1.64. The zero-order chi connectivity index (χ0) is 13.8. The third kappa shape index (κ3) is 3.28. The third-order valence-corrected chi connectivity index (χ3v) is 3.45. The van der Waals surface area contributed by atoms with Crippen molar-refractivity contribution in [3.63, 3.8) is 0 Å². The van der Waals surface area contributed by atoms with Gasteiger partial charge in [-0.2, -0.15) is 0 Å². The summed E-state index contributed by atoms with van der Waals surface area (Å²) >= 11 is 3.47. The van der Waals surface area contributed by atoms with Gasteiger partial charge in [-0.1, -0.05) is 12.1 Å². The SMILES string of the molecule is COc1ccc(Oc2ccc(CN)cc2C)c(Br)c1. The Morgan fingerprint density at radius 2 is 1.84 bits per heavy atom. The van der Waals surface area contributed by atoms with Crippen LogP contribution in [-0.2, 0) is 6.54 Å². The molecule has 0 saturated heterocycles. The fourth-order valence-electron chi connectivity index (χ4n) is 1.76. The van der Waals surface area contributed by atoms with Crippen molar-refractivity contribution < 1.29 is 9.47 Å². The lowest BCUT2D eigenvalue weighted by Crippen LogP contribution is -1.97. The van der Waals surface area contributed by atoms with E-state index in [-0.39, 0.29) is 0 Å². The minimum absolute atomic E-state index is 0.535. The Morgan fingerprint density at radius 3 is 2.42 bits per heavy atom. The van der Waals surface area contributed by atoms with Crippen molar-refractivity contribution in [3.8, 4) is 17.2 Å². The van der Waals surface area contributed by atoms with Crippen LogP contribution in [0.5, 0.6) is 17.2 Å². The van der Waals surface area contributed by atoms with Gasteiger partial charge in [0.15, 0.2) is 0 Å². The van der Waals surface area contributed by atoms with Gasteiger partial charge in [0.1, 0.15) is 17.2 Å². The lowest BCUT2D eigenvalue weighted by atomic mass is 10.1. The Hall–Kier alpha value is -1.52. The van der Waals surface area contributed by atoms with Gasteiger partial charge in [-0.3, -0.25) is 0 Å². The largest absolute Gasteiger partial charge is 0.497 e. The third-order valence-electron chi connectivity index (χ3n) is 2.83. The molecule has 4 heteroatoms. The standard InChI is InChI=1S/C15H16BrNO2/c1-10-7-11(9-17)3-5-14(10)19-15-6-4-12(18-2)8-13(15)16/h3-8H,9,17H2,1-2H3. The maximum Gasteiger partial charge on any atom is 0.141 e. The predicted octanol–water partition coefficient (Wildman–Crippen LogP) is 4.02. The van der Waals surface area contributed by atoms with Gasteiger partial charge in [0.05, 0.1) is 11.6 Å². The van der Waals surface area contributed by atoms with Crippen LogP contribution in [0.4, 0.5) is 0 Å². The Kier molecular flexibility index (Phi) is 4.45. The molecule has 0 aromatic heterocycles. The first kappa shape index (κ1) is 13.9. The van der Waals surface area contributed by atoms with Crippen molar-refractivity contribution in [3.05, 3.63) is 52.0 Å². The average Bonchev–Trinajstić information content (AvgIpc) is 2.42. The molecular weight excluding hydrogens is 306 g/mol. The van der Waals surface area contributed by atoms with Crippen LogP contribution in [0, 0.1) is 6.92 Å². The van der Waals surface area contributed by atoms with Gasteiger partial charge >= 0.3 is 0 Å². The summed E-state index contributed by atoms with van der Waals surface area (Å²) in [5, 5.41) is 0. The van der Waals surface area contributed by atoms with Gasteiger partial charge < -0.3 is 15.2 Å². The molecule has 0 atom stereocenters. The van der Waals surface area contributed by atoms with Gasteiger partial charge in [0.2, 0.25) is 0 Å². The molecule has 0 unspecified atom stereocenters. The first-order valence-electron chi connectivity index (χ1n) is 5.95. The maximum absolute atomic E-state index is 5.90. The van der Waals surface area contributed by atoms with Crippen LogP contribution in [0.15, 0.2) is 40.9 Å². The van der Waals surface area contributed by atoms with Crippen molar-refractivity contribution in [2.75, 3.05) is 7.11 Å². The van der Waals surface area contributed by atoms with E-state index in [1.54, 1.807) is 7.11 Å². The molecule has 3 nitrogen and oxygen atoms in total. The Balaban J connectivity index is 2.26. The normalized spacial score (nSPS) is 10.3. The highest BCUT2D eigenvalue weighted by molar-refractivity contribution is 9.10. The van der Waals surface area contributed by atoms with Gasteiger partial charge in [0.25, 0.3) is 0 Å². The van der Waals surface area contributed by atoms with E-state index in [1.807, 2.05) is 43.3 Å². The van der Waals surface area contributed by atoms with Gasteiger partial charge in [-0.15, -0.1) is 0 Å². The molecule has 19 heavy (non-hydrogen) atoms. The van der Waals surface area contributed by atoms with Crippen molar-refractivity contribution in [1.29, 1.82) is 0 Å². The number of aryl methyl sites for hydroxylation is 1. The molecular formula is C15H16BrNO2. The van der Waals surface area contributed by atoms with Crippen LogP contribution < -0.4 is 15.2 Å². The predicted molar refractivity (Wildman–Crippen MR) is 79.8 cm³/mol. The highest BCUT2D eigenvalue weighted by Gasteiger charge is 2.07. The number of hydrogen-bond donors (Lipinski definition) is 1. The number of nitrogens with two attached hydrogens (primary N) is 1. The lowest BCUT2D eigenvalue weighted by Gasteiger charge is -2.12. The van der Waals surface area contributed by atoms with E-state index < -0.39 is 0 Å². The highest BCUT2D eigenvalue weighted by atomic mass is 79.9. The van der Waals surface area contributed by atoms with Crippen LogP contribution in [0.2, 0.25) is 0 Å². The van der Waals surface area contributed by atoms with E-state index in [4.69, 9.17) is 15.2 Å². The maximum atomic E-state index is 5.90. The first-order chi connectivity index (χ1) is 9.13. The summed E-state index contributed by atoms with van der Waals surface area (Å²) in [4.78, 5) is 0. The molecule has 0 heterocycles. The van der Waals surface area contributed by atoms with E-state index in [9.17, 15) is 0 Å². The number of halogens is 1. The Bertz CT molecular complexity index is 533. The van der Waals surface area contributed by atoms with Crippen LogP contribution in [0.25, 0.3) is 0 Å². The fourth-order valence-corrected chi connectivity index (χ4v) is 2.20. The zero-order valence-corrected chi connectivity index (χ0v) is 12.5. The number of methoxy groups -OCH3 is 1. The first-order valence-corrected chi connectivity index (χ1v) is 6.74. The molecule has 0 radical (unpaired) electrons. The monoisotopic (exact) mass is 321 g/mol. The van der Waals surface area contributed by atoms with Crippen LogP contribution >= 0.6 is 15.9 Å². The van der Waals surface area contributed by atoms with Crippen LogP contribution in [0.3, 0.4) is 0 Å². The molecule has 0 saturated carbocycles. The van der Waals surface area contributed by atoms with Crippen molar-refractivity contribution in [2.45, 2.75) is 13.5 Å². The van der Waals surface area contributed by atoms with E-state index in [0.29, 0.717) is 6.54 Å². The number of rotatable bonds is 4. The number of ether oxygens (including phenoxy) is 2. The summed E-state index contributed by atoms with van der Waals surface area (Å²) in [5.41, 5.74) is 7.77. The van der Waals surface area contributed by atoms with Crippen molar-refractivity contribution in [1.82, 2.24) is 0 Å². The lowest BCUT2D eigenvalue weighted by molar-refractivity contribution is 0.412. The molecule has 0 aliphatic rings. The van der Waals surface area contributed by atoms with Gasteiger partial charge in [-0.25, -0.2) is 0 Å². The van der Waals surface area contributed by atoms with Crippen LogP contribution in [-0.4, -0.2) is 7.11 Å². The molecule has 2 aromatic carbocycles. The quantitative estimate of drug-likeness (QED) is 0.925. The molecule has 2 rings (SSSR count). The zero-order valence-electron chi connectivity index (χ0n) is 10.9. The topological polar surface area (TPSA) is 44.5 Å². The second-order valence-corrected chi connectivity index (χ2v) is 5.06. The van der Waals surface area contributed by atoms with E-state index >= 15 is 0 Å². The molecule has 0 aliphatic heterocycles. The molecule has 2 N–H and O–H groups in total. The van der Waals surface area contributed by atoms with Crippen molar-refractivity contribution in [2.24, 2.45) is 5.73 Å². The molecule has 0 bridgehead atoms. The highest BCUT2D eigenvalue weighted by Crippen LogP contribution is 2.34. The van der Waals surface area contributed by atoms with Gasteiger partial charge in [-0.05, 0) is 58.2 Å². The number of hydrogen-bond acceptors (Lipinski definition) is 3. The van der Waals surface area contributed by atoms with Crippen molar-refractivity contribution >= 4 is 15.9 Å². The van der Waals surface area contributed by atoms with Gasteiger partial charge in [0, 0.05) is 6.54 Å². The summed E-state index contributed by atoms with van der Waals surface area (Å²) in [6.07, 6.45) is 0. The number of benzene rings is 2. The fraction of sp³-hybridized carbons (Fsp3) is 0.200. The van der Waals surface area contributed by atoms with E-state index in [0.717, 1.165) is 32.8 Å². The molecule has 0 spiro atoms. The summed E-state index contributed by atoms with van der Waals surface area (Å²) < 4.78 is 11.9. The summed E-state index contributed by atoms with van der Waals surface area (Å²) in [6, 6.07) is 11.6. The summed E-state index contributed by atoms with van der Waals surface area (Å²) in [5.74, 6) is 2.36. The average molecular weight is 322 g/mol. The van der Waals surface area contributed by atoms with Crippen LogP contribution in [0.1, 0.15) is 11.1 Å². The van der Waals surface area contributed by atoms with E-state index in [2.05, 4.69) is 15.9 Å².